The lowest BCUT2D eigenvalue weighted by atomic mass is 10.2. The first-order chi connectivity index (χ1) is 11.8. The Labute approximate surface area is 148 Å². The van der Waals surface area contributed by atoms with Gasteiger partial charge in [0, 0.05) is 25.4 Å². The monoisotopic (exact) mass is 353 g/mol. The number of nitrogens with one attached hydrogen (secondary N) is 3. The van der Waals surface area contributed by atoms with Crippen molar-refractivity contribution < 1.29 is 23.8 Å². The second kappa shape index (κ2) is 10.4. The molecule has 1 rings (SSSR count). The van der Waals surface area contributed by atoms with E-state index >= 15 is 0 Å². The largest absolute Gasteiger partial charge is 0.492 e. The first kappa shape index (κ1) is 20.6. The Morgan fingerprint density at radius 2 is 1.76 bits per heavy atom. The van der Waals surface area contributed by atoms with Crippen LogP contribution in [0.25, 0.3) is 0 Å². The summed E-state index contributed by atoms with van der Waals surface area (Å²) < 4.78 is 15.6. The van der Waals surface area contributed by atoms with E-state index in [0.29, 0.717) is 37.7 Å². The molecule has 1 aromatic carbocycles. The summed E-state index contributed by atoms with van der Waals surface area (Å²) in [6.45, 7) is 6.94. The highest BCUT2D eigenvalue weighted by atomic mass is 16.6. The molecule has 0 saturated carbocycles. The minimum atomic E-state index is -0.562. The first-order valence-electron chi connectivity index (χ1n) is 8.03. The topological polar surface area (TPSA) is 97.9 Å². The van der Waals surface area contributed by atoms with Crippen LogP contribution >= 0.6 is 0 Å². The minimum absolute atomic E-state index is 0.277. The van der Waals surface area contributed by atoms with Crippen LogP contribution in [0.5, 0.6) is 5.75 Å². The quantitative estimate of drug-likeness (QED) is 0.623. The summed E-state index contributed by atoms with van der Waals surface area (Å²) in [5, 5.41) is 7.95. The smallest absolute Gasteiger partial charge is 0.412 e. The molecule has 8 nitrogen and oxygen atoms in total. The molecule has 0 aliphatic rings. The number of carbonyl (C=O) groups excluding carboxylic acids is 2. The summed E-state index contributed by atoms with van der Waals surface area (Å²) >= 11 is 0. The number of methoxy groups -OCH3 is 1. The second-order valence-electron chi connectivity index (χ2n) is 6.18. The summed E-state index contributed by atoms with van der Waals surface area (Å²) in [7, 11) is 1.57. The van der Waals surface area contributed by atoms with Gasteiger partial charge in [-0.1, -0.05) is 6.07 Å². The van der Waals surface area contributed by atoms with Crippen molar-refractivity contribution in [1.29, 1.82) is 0 Å². The normalized spacial score (nSPS) is 10.7. The molecule has 0 heterocycles. The van der Waals surface area contributed by atoms with Crippen molar-refractivity contribution in [2.24, 2.45) is 0 Å². The summed E-state index contributed by atoms with van der Waals surface area (Å²) in [6.07, 6.45) is -0.529. The van der Waals surface area contributed by atoms with Gasteiger partial charge in [0.05, 0.1) is 13.2 Å². The third-order valence-electron chi connectivity index (χ3n) is 2.73. The molecule has 25 heavy (non-hydrogen) atoms. The van der Waals surface area contributed by atoms with Crippen LogP contribution in [-0.2, 0) is 9.47 Å². The van der Waals surface area contributed by atoms with Crippen LogP contribution in [0.4, 0.5) is 15.3 Å². The number of ether oxygens (including phenoxy) is 3. The molecule has 0 fully saturated rings. The predicted octanol–water partition coefficient (Wildman–Crippen LogP) is 2.36. The van der Waals surface area contributed by atoms with Crippen LogP contribution in [0.2, 0.25) is 0 Å². The van der Waals surface area contributed by atoms with Gasteiger partial charge in [-0.05, 0) is 32.9 Å². The van der Waals surface area contributed by atoms with E-state index in [2.05, 4.69) is 16.0 Å². The van der Waals surface area contributed by atoms with Crippen molar-refractivity contribution in [3.05, 3.63) is 24.3 Å². The van der Waals surface area contributed by atoms with E-state index in [1.165, 1.54) is 0 Å². The SMILES string of the molecule is COCCNC(=O)NCCOc1cccc(NC(=O)OC(C)(C)C)c1. The van der Waals surface area contributed by atoms with Crippen LogP contribution in [0, 0.1) is 0 Å². The molecular formula is C17H27N3O5. The van der Waals surface area contributed by atoms with Gasteiger partial charge in [0.2, 0.25) is 0 Å². The summed E-state index contributed by atoms with van der Waals surface area (Å²) in [5.74, 6) is 0.579. The van der Waals surface area contributed by atoms with Gasteiger partial charge in [-0.15, -0.1) is 0 Å². The number of hydrogen-bond donors (Lipinski definition) is 3. The van der Waals surface area contributed by atoms with Gasteiger partial charge in [0.25, 0.3) is 0 Å². The second-order valence-corrected chi connectivity index (χ2v) is 6.18. The number of urea groups is 1. The fourth-order valence-corrected chi connectivity index (χ4v) is 1.75. The number of carbonyl (C=O) groups is 2. The van der Waals surface area contributed by atoms with Crippen LogP contribution in [0.3, 0.4) is 0 Å². The molecule has 0 unspecified atom stereocenters. The molecule has 1 aromatic rings. The van der Waals surface area contributed by atoms with Crippen molar-refractivity contribution in [2.45, 2.75) is 26.4 Å². The molecule has 0 spiro atoms. The maximum absolute atomic E-state index is 11.7. The highest BCUT2D eigenvalue weighted by molar-refractivity contribution is 5.85. The molecule has 0 saturated heterocycles. The molecule has 3 N–H and O–H groups in total. The zero-order valence-electron chi connectivity index (χ0n) is 15.2. The van der Waals surface area contributed by atoms with Crippen LogP contribution < -0.4 is 20.7 Å². The molecule has 140 valence electrons. The van der Waals surface area contributed by atoms with Crippen molar-refractivity contribution in [3.8, 4) is 5.75 Å². The fraction of sp³-hybridized carbons (Fsp3) is 0.529. The number of rotatable bonds is 8. The predicted molar refractivity (Wildman–Crippen MR) is 95.1 cm³/mol. The molecule has 0 aliphatic heterocycles. The van der Waals surface area contributed by atoms with E-state index in [1.54, 1.807) is 52.1 Å². The number of hydrogen-bond acceptors (Lipinski definition) is 5. The van der Waals surface area contributed by atoms with Gasteiger partial charge in [-0.2, -0.15) is 0 Å². The van der Waals surface area contributed by atoms with Gasteiger partial charge < -0.3 is 24.8 Å². The Balaban J connectivity index is 2.33. The van der Waals surface area contributed by atoms with E-state index in [0.717, 1.165) is 0 Å². The van der Waals surface area contributed by atoms with E-state index in [9.17, 15) is 9.59 Å². The van der Waals surface area contributed by atoms with Gasteiger partial charge in [0.15, 0.2) is 0 Å². The third-order valence-corrected chi connectivity index (χ3v) is 2.73. The van der Waals surface area contributed by atoms with E-state index in [1.807, 2.05) is 0 Å². The lowest BCUT2D eigenvalue weighted by Crippen LogP contribution is -2.39. The van der Waals surface area contributed by atoms with Gasteiger partial charge in [-0.3, -0.25) is 5.32 Å². The summed E-state index contributed by atoms with van der Waals surface area (Å²) in [4.78, 5) is 23.2. The number of anilines is 1. The minimum Gasteiger partial charge on any atom is -0.492 e. The molecule has 0 radical (unpaired) electrons. The van der Waals surface area contributed by atoms with E-state index in [4.69, 9.17) is 14.2 Å². The van der Waals surface area contributed by atoms with Crippen molar-refractivity contribution in [3.63, 3.8) is 0 Å². The maximum atomic E-state index is 11.7. The molecule has 3 amide bonds. The molecule has 0 bridgehead atoms. The summed E-state index contributed by atoms with van der Waals surface area (Å²) in [6, 6.07) is 6.66. The van der Waals surface area contributed by atoms with Gasteiger partial charge in [0.1, 0.15) is 18.0 Å². The molecular weight excluding hydrogens is 326 g/mol. The van der Waals surface area contributed by atoms with Crippen LogP contribution in [0.1, 0.15) is 20.8 Å². The Kier molecular flexibility index (Phi) is 8.55. The van der Waals surface area contributed by atoms with Crippen LogP contribution in [0.15, 0.2) is 24.3 Å². The van der Waals surface area contributed by atoms with Crippen LogP contribution in [-0.4, -0.2) is 51.1 Å². The highest BCUT2D eigenvalue weighted by Gasteiger charge is 2.16. The maximum Gasteiger partial charge on any atom is 0.412 e. The summed E-state index contributed by atoms with van der Waals surface area (Å²) in [5.41, 5.74) is 0.00487. The lowest BCUT2D eigenvalue weighted by molar-refractivity contribution is 0.0636. The number of amides is 3. The molecule has 0 atom stereocenters. The average Bonchev–Trinajstić information content (AvgIpc) is 2.50. The van der Waals surface area contributed by atoms with Gasteiger partial charge >= 0.3 is 12.1 Å². The molecule has 0 aliphatic carbocycles. The fourth-order valence-electron chi connectivity index (χ4n) is 1.75. The Morgan fingerprint density at radius 1 is 1.08 bits per heavy atom. The standard InChI is InChI=1S/C17H27N3O5/c1-17(2,3)25-16(22)20-13-6-5-7-14(12-13)24-11-9-19-15(21)18-8-10-23-4/h5-7,12H,8-11H2,1-4H3,(H,20,22)(H2,18,19,21). The molecule has 8 heteroatoms. The van der Waals surface area contributed by atoms with E-state index in [-0.39, 0.29) is 6.03 Å². The van der Waals surface area contributed by atoms with Gasteiger partial charge in [-0.25, -0.2) is 9.59 Å². The van der Waals surface area contributed by atoms with Crippen molar-refractivity contribution >= 4 is 17.8 Å². The average molecular weight is 353 g/mol. The lowest BCUT2D eigenvalue weighted by Gasteiger charge is -2.19. The number of benzene rings is 1. The molecule has 0 aromatic heterocycles. The highest BCUT2D eigenvalue weighted by Crippen LogP contribution is 2.18. The first-order valence-corrected chi connectivity index (χ1v) is 8.03. The Bertz CT molecular complexity index is 557. The Hall–Kier alpha value is -2.48. The third kappa shape index (κ3) is 10.1. The zero-order chi connectivity index (χ0) is 18.7. The Morgan fingerprint density at radius 3 is 2.40 bits per heavy atom. The van der Waals surface area contributed by atoms with E-state index < -0.39 is 11.7 Å². The van der Waals surface area contributed by atoms with Crippen molar-refractivity contribution in [1.82, 2.24) is 10.6 Å². The zero-order valence-corrected chi connectivity index (χ0v) is 15.2. The van der Waals surface area contributed by atoms with Crippen molar-refractivity contribution in [2.75, 3.05) is 38.7 Å².